The molecule has 2 rings (SSSR count). The Morgan fingerprint density at radius 2 is 2.00 bits per heavy atom. The first-order valence-corrected chi connectivity index (χ1v) is 7.48. The van der Waals surface area contributed by atoms with Gasteiger partial charge in [-0.1, -0.05) is 17.7 Å². The van der Waals surface area contributed by atoms with Crippen LogP contribution in [-0.4, -0.2) is 41.5 Å². The van der Waals surface area contributed by atoms with E-state index in [4.69, 9.17) is 0 Å². The number of carbonyl (C=O) groups is 1. The third-order valence-electron chi connectivity index (χ3n) is 4.38. The van der Waals surface area contributed by atoms with E-state index in [9.17, 15) is 9.90 Å². The maximum absolute atomic E-state index is 12.4. The van der Waals surface area contributed by atoms with Crippen molar-refractivity contribution in [3.63, 3.8) is 0 Å². The lowest BCUT2D eigenvalue weighted by Gasteiger charge is -2.32. The van der Waals surface area contributed by atoms with Crippen molar-refractivity contribution < 1.29 is 9.90 Å². The summed E-state index contributed by atoms with van der Waals surface area (Å²) in [4.78, 5) is 14.6. The third kappa shape index (κ3) is 3.68. The van der Waals surface area contributed by atoms with E-state index in [1.807, 2.05) is 39.0 Å². The third-order valence-corrected chi connectivity index (χ3v) is 4.38. The number of likely N-dealkylation sites (tertiary alicyclic amines) is 1. The van der Waals surface area contributed by atoms with Gasteiger partial charge in [0.15, 0.2) is 5.78 Å². The lowest BCUT2D eigenvalue weighted by atomic mass is 9.92. The first-order chi connectivity index (χ1) is 9.47. The van der Waals surface area contributed by atoms with Crippen LogP contribution in [0.3, 0.4) is 0 Å². The molecule has 0 bridgehead atoms. The Balaban J connectivity index is 1.94. The fourth-order valence-electron chi connectivity index (χ4n) is 2.92. The molecular weight excluding hydrogens is 250 g/mol. The zero-order valence-corrected chi connectivity index (χ0v) is 12.7. The molecule has 110 valence electrons. The molecule has 0 amide bonds. The molecular formula is C17H25NO2. The number of rotatable bonds is 4. The Labute approximate surface area is 121 Å². The van der Waals surface area contributed by atoms with Gasteiger partial charge in [-0.25, -0.2) is 0 Å². The Hall–Kier alpha value is -1.19. The van der Waals surface area contributed by atoms with E-state index < -0.39 is 0 Å². The van der Waals surface area contributed by atoms with Crippen LogP contribution < -0.4 is 0 Å². The molecule has 1 aliphatic rings. The summed E-state index contributed by atoms with van der Waals surface area (Å²) in [6.07, 6.45) is 1.74. The van der Waals surface area contributed by atoms with Gasteiger partial charge in [-0.05, 0) is 64.3 Å². The number of carbonyl (C=O) groups excluding carboxylic acids is 1. The highest BCUT2D eigenvalue weighted by Gasteiger charge is 2.24. The number of aliphatic hydroxyl groups excluding tert-OH is 1. The second-order valence-corrected chi connectivity index (χ2v) is 6.10. The largest absolute Gasteiger partial charge is 0.393 e. The Morgan fingerprint density at radius 3 is 2.60 bits per heavy atom. The number of hydrogen-bond donors (Lipinski definition) is 1. The minimum Gasteiger partial charge on any atom is -0.393 e. The smallest absolute Gasteiger partial charge is 0.177 e. The maximum Gasteiger partial charge on any atom is 0.177 e. The number of aryl methyl sites for hydroxylation is 2. The van der Waals surface area contributed by atoms with Crippen molar-refractivity contribution >= 4 is 5.78 Å². The predicted octanol–water partition coefficient (Wildman–Crippen LogP) is 2.58. The van der Waals surface area contributed by atoms with E-state index in [2.05, 4.69) is 4.90 Å². The van der Waals surface area contributed by atoms with E-state index >= 15 is 0 Å². The molecule has 3 heteroatoms. The van der Waals surface area contributed by atoms with Crippen molar-refractivity contribution in [1.29, 1.82) is 0 Å². The topological polar surface area (TPSA) is 40.5 Å². The van der Waals surface area contributed by atoms with E-state index in [1.54, 1.807) is 0 Å². The van der Waals surface area contributed by atoms with Crippen LogP contribution in [0.4, 0.5) is 0 Å². The van der Waals surface area contributed by atoms with E-state index in [1.165, 1.54) is 0 Å². The molecule has 1 aliphatic heterocycles. The van der Waals surface area contributed by atoms with Gasteiger partial charge in [0.25, 0.3) is 0 Å². The quantitative estimate of drug-likeness (QED) is 0.859. The number of aliphatic hydroxyl groups is 1. The highest BCUT2D eigenvalue weighted by atomic mass is 16.3. The van der Waals surface area contributed by atoms with Gasteiger partial charge >= 0.3 is 0 Å². The minimum atomic E-state index is -0.230. The van der Waals surface area contributed by atoms with Gasteiger partial charge in [0.1, 0.15) is 0 Å². The summed E-state index contributed by atoms with van der Waals surface area (Å²) < 4.78 is 0. The molecule has 0 aromatic heterocycles. The monoisotopic (exact) mass is 275 g/mol. The number of piperidine rings is 1. The average Bonchev–Trinajstić information content (AvgIpc) is 2.42. The number of nitrogens with zero attached hydrogens (tertiary/aromatic N) is 1. The van der Waals surface area contributed by atoms with Gasteiger partial charge in [-0.15, -0.1) is 0 Å². The molecule has 0 spiro atoms. The Bertz CT molecular complexity index is 474. The highest BCUT2D eigenvalue weighted by Crippen LogP contribution is 2.21. The van der Waals surface area contributed by atoms with Crippen molar-refractivity contribution in [2.45, 2.75) is 39.7 Å². The zero-order chi connectivity index (χ0) is 14.7. The molecule has 1 aromatic rings. The second-order valence-electron chi connectivity index (χ2n) is 6.10. The molecule has 20 heavy (non-hydrogen) atoms. The van der Waals surface area contributed by atoms with Crippen molar-refractivity contribution in [1.82, 2.24) is 4.90 Å². The normalized spacial score (nSPS) is 19.0. The molecule has 1 aromatic carbocycles. The number of benzene rings is 1. The van der Waals surface area contributed by atoms with Crippen molar-refractivity contribution in [3.8, 4) is 0 Å². The summed E-state index contributed by atoms with van der Waals surface area (Å²) in [5.41, 5.74) is 3.04. The van der Waals surface area contributed by atoms with Crippen LogP contribution in [0, 0.1) is 19.8 Å². The Kier molecular flexibility index (Phi) is 4.95. The van der Waals surface area contributed by atoms with Crippen LogP contribution in [0.5, 0.6) is 0 Å². The van der Waals surface area contributed by atoms with Crippen LogP contribution >= 0.6 is 0 Å². The average molecular weight is 275 g/mol. The number of Topliss-reactive ketones (excluding diaryl/α,β-unsaturated/α-hetero) is 1. The molecule has 1 fully saturated rings. The zero-order valence-electron chi connectivity index (χ0n) is 12.7. The van der Waals surface area contributed by atoms with Crippen molar-refractivity contribution in [2.75, 3.05) is 19.6 Å². The van der Waals surface area contributed by atoms with Gasteiger partial charge in [0, 0.05) is 5.56 Å². The molecule has 1 unspecified atom stereocenters. The van der Waals surface area contributed by atoms with Crippen LogP contribution in [0.1, 0.15) is 41.3 Å². The highest BCUT2D eigenvalue weighted by molar-refractivity contribution is 5.99. The SMILES string of the molecule is Cc1ccc(C)c(C(=O)CN2CCC(C(C)O)CC2)c1. The summed E-state index contributed by atoms with van der Waals surface area (Å²) in [5, 5.41) is 9.60. The van der Waals surface area contributed by atoms with E-state index in [-0.39, 0.29) is 11.9 Å². The first kappa shape index (κ1) is 15.2. The summed E-state index contributed by atoms with van der Waals surface area (Å²) in [5.74, 6) is 0.601. The molecule has 0 aliphatic carbocycles. The van der Waals surface area contributed by atoms with E-state index in [0.29, 0.717) is 12.5 Å². The van der Waals surface area contributed by atoms with Gasteiger partial charge in [-0.3, -0.25) is 9.69 Å². The molecule has 0 radical (unpaired) electrons. The van der Waals surface area contributed by atoms with Crippen molar-refractivity contribution in [2.24, 2.45) is 5.92 Å². The standard InChI is InChI=1S/C17H25NO2/c1-12-4-5-13(2)16(10-12)17(20)11-18-8-6-15(7-9-18)14(3)19/h4-5,10,14-15,19H,6-9,11H2,1-3H3. The molecule has 1 heterocycles. The molecule has 1 saturated heterocycles. The number of ketones is 1. The van der Waals surface area contributed by atoms with Gasteiger partial charge in [0.05, 0.1) is 12.6 Å². The summed E-state index contributed by atoms with van der Waals surface area (Å²) in [6, 6.07) is 6.04. The molecule has 1 N–H and O–H groups in total. The Morgan fingerprint density at radius 1 is 1.35 bits per heavy atom. The van der Waals surface area contributed by atoms with Crippen LogP contribution in [0.2, 0.25) is 0 Å². The van der Waals surface area contributed by atoms with Crippen LogP contribution in [0.15, 0.2) is 18.2 Å². The van der Waals surface area contributed by atoms with Gasteiger partial charge in [-0.2, -0.15) is 0 Å². The van der Waals surface area contributed by atoms with Gasteiger partial charge in [0.2, 0.25) is 0 Å². The maximum atomic E-state index is 12.4. The number of hydrogen-bond acceptors (Lipinski definition) is 3. The summed E-state index contributed by atoms with van der Waals surface area (Å²) in [6.45, 7) is 8.19. The lowest BCUT2D eigenvalue weighted by molar-refractivity contribution is 0.0664. The molecule has 3 nitrogen and oxygen atoms in total. The minimum absolute atomic E-state index is 0.210. The van der Waals surface area contributed by atoms with E-state index in [0.717, 1.165) is 42.6 Å². The molecule has 1 atom stereocenters. The molecule has 0 saturated carbocycles. The fraction of sp³-hybridized carbons (Fsp3) is 0.588. The predicted molar refractivity (Wildman–Crippen MR) is 81.1 cm³/mol. The van der Waals surface area contributed by atoms with Crippen LogP contribution in [0.25, 0.3) is 0 Å². The van der Waals surface area contributed by atoms with Crippen LogP contribution in [-0.2, 0) is 0 Å². The van der Waals surface area contributed by atoms with Gasteiger partial charge < -0.3 is 5.11 Å². The summed E-state index contributed by atoms with van der Waals surface area (Å²) >= 11 is 0. The summed E-state index contributed by atoms with van der Waals surface area (Å²) in [7, 11) is 0. The first-order valence-electron chi connectivity index (χ1n) is 7.48. The lowest BCUT2D eigenvalue weighted by Crippen LogP contribution is -2.39. The second kappa shape index (κ2) is 6.51. The fourth-order valence-corrected chi connectivity index (χ4v) is 2.92. The van der Waals surface area contributed by atoms with Crippen molar-refractivity contribution in [3.05, 3.63) is 34.9 Å².